The van der Waals surface area contributed by atoms with Gasteiger partial charge in [0.05, 0.1) is 0 Å². The molecule has 0 atom stereocenters. The van der Waals surface area contributed by atoms with Crippen molar-refractivity contribution in [3.63, 3.8) is 0 Å². The molecule has 2 nitrogen and oxygen atoms in total. The van der Waals surface area contributed by atoms with Crippen LogP contribution in [0.25, 0.3) is 11.1 Å². The Balaban J connectivity index is 1.34. The van der Waals surface area contributed by atoms with E-state index in [4.69, 9.17) is 9.47 Å². The molecule has 4 rings (SSSR count). The van der Waals surface area contributed by atoms with Crippen LogP contribution in [0.4, 0.5) is 0 Å². The number of hydrogen-bond acceptors (Lipinski definition) is 2. The Labute approximate surface area is 190 Å². The first-order valence-corrected chi connectivity index (χ1v) is 10.6. The second kappa shape index (κ2) is 10.3. The monoisotopic (exact) mass is 418 g/mol. The molecule has 0 saturated carbocycles. The lowest BCUT2D eigenvalue weighted by atomic mass is 9.95. The van der Waals surface area contributed by atoms with Gasteiger partial charge in [-0.1, -0.05) is 98.1 Å². The third-order valence-electron chi connectivity index (χ3n) is 5.27. The van der Waals surface area contributed by atoms with E-state index in [1.165, 1.54) is 0 Å². The van der Waals surface area contributed by atoms with Crippen LogP contribution in [0.5, 0.6) is 11.5 Å². The van der Waals surface area contributed by atoms with Gasteiger partial charge in [0.25, 0.3) is 0 Å². The standard InChI is InChI=1S/C30H26O2/c1-23(27-13-17-29(18-14-27)31-21-25-9-5-3-6-10-25)24(2)28-15-19-30(20-16-28)32-22-26-11-7-4-8-12-26/h3-20H,1-2,21-22H2. The SMILES string of the molecule is C=C(C(=C)c1ccc(OCc2ccccc2)cc1)c1ccc(OCc2ccccc2)cc1. The molecule has 0 aliphatic heterocycles. The summed E-state index contributed by atoms with van der Waals surface area (Å²) >= 11 is 0. The first kappa shape index (κ1) is 21.2. The highest BCUT2D eigenvalue weighted by molar-refractivity contribution is 6.03. The number of rotatable bonds is 9. The van der Waals surface area contributed by atoms with Crippen molar-refractivity contribution in [3.05, 3.63) is 145 Å². The molecule has 2 heteroatoms. The van der Waals surface area contributed by atoms with E-state index in [2.05, 4.69) is 37.4 Å². The lowest BCUT2D eigenvalue weighted by molar-refractivity contribution is 0.306. The molecular formula is C30H26O2. The first-order valence-electron chi connectivity index (χ1n) is 10.6. The molecular weight excluding hydrogens is 392 g/mol. The van der Waals surface area contributed by atoms with Crippen molar-refractivity contribution in [2.24, 2.45) is 0 Å². The van der Waals surface area contributed by atoms with E-state index in [9.17, 15) is 0 Å². The average molecular weight is 419 g/mol. The largest absolute Gasteiger partial charge is 0.489 e. The zero-order valence-electron chi connectivity index (χ0n) is 18.0. The Morgan fingerprint density at radius 1 is 0.469 bits per heavy atom. The predicted octanol–water partition coefficient (Wildman–Crippen LogP) is 7.57. The van der Waals surface area contributed by atoms with Crippen molar-refractivity contribution >= 4 is 11.1 Å². The highest BCUT2D eigenvalue weighted by atomic mass is 16.5. The second-order valence-electron chi connectivity index (χ2n) is 7.55. The normalized spacial score (nSPS) is 10.4. The van der Waals surface area contributed by atoms with Gasteiger partial charge in [-0.25, -0.2) is 0 Å². The summed E-state index contributed by atoms with van der Waals surface area (Å²) in [6.45, 7) is 9.60. The van der Waals surface area contributed by atoms with Gasteiger partial charge in [0, 0.05) is 0 Å². The molecule has 0 saturated heterocycles. The molecule has 0 heterocycles. The molecule has 0 bridgehead atoms. The Kier molecular flexibility index (Phi) is 6.84. The number of hydrogen-bond donors (Lipinski definition) is 0. The van der Waals surface area contributed by atoms with Gasteiger partial charge in [0.2, 0.25) is 0 Å². The molecule has 0 aliphatic rings. The van der Waals surface area contributed by atoms with Gasteiger partial charge in [0.15, 0.2) is 0 Å². The summed E-state index contributed by atoms with van der Waals surface area (Å²) in [5, 5.41) is 0. The van der Waals surface area contributed by atoms with Crippen molar-refractivity contribution in [2.45, 2.75) is 13.2 Å². The maximum atomic E-state index is 5.87. The van der Waals surface area contributed by atoms with E-state index >= 15 is 0 Å². The number of benzene rings is 4. The minimum absolute atomic E-state index is 0.548. The minimum Gasteiger partial charge on any atom is -0.489 e. The second-order valence-corrected chi connectivity index (χ2v) is 7.55. The molecule has 0 fully saturated rings. The molecule has 4 aromatic rings. The molecule has 158 valence electrons. The molecule has 0 unspecified atom stereocenters. The van der Waals surface area contributed by atoms with Crippen molar-refractivity contribution in [3.8, 4) is 11.5 Å². The quantitative estimate of drug-likeness (QED) is 0.261. The van der Waals surface area contributed by atoms with E-state index in [1.807, 2.05) is 84.9 Å². The van der Waals surface area contributed by atoms with Crippen LogP contribution >= 0.6 is 0 Å². The van der Waals surface area contributed by atoms with Gasteiger partial charge in [-0.05, 0) is 57.7 Å². The summed E-state index contributed by atoms with van der Waals surface area (Å²) in [4.78, 5) is 0. The Bertz CT molecular complexity index is 1060. The molecule has 4 aromatic carbocycles. The molecule has 0 aromatic heterocycles. The summed E-state index contributed by atoms with van der Waals surface area (Å²) in [7, 11) is 0. The van der Waals surface area contributed by atoms with Crippen LogP contribution in [0, 0.1) is 0 Å². The lowest BCUT2D eigenvalue weighted by Gasteiger charge is -2.13. The summed E-state index contributed by atoms with van der Waals surface area (Å²) in [5.41, 5.74) is 6.10. The van der Waals surface area contributed by atoms with E-state index < -0.39 is 0 Å². The average Bonchev–Trinajstić information content (AvgIpc) is 2.87. The van der Waals surface area contributed by atoms with Gasteiger partial charge in [-0.15, -0.1) is 0 Å². The Morgan fingerprint density at radius 2 is 0.812 bits per heavy atom. The maximum Gasteiger partial charge on any atom is 0.119 e. The summed E-state index contributed by atoms with van der Waals surface area (Å²) in [5.74, 6) is 1.66. The minimum atomic E-state index is 0.548. The van der Waals surface area contributed by atoms with Crippen molar-refractivity contribution in [2.75, 3.05) is 0 Å². The zero-order chi connectivity index (χ0) is 22.2. The van der Waals surface area contributed by atoms with Gasteiger partial charge in [-0.2, -0.15) is 0 Å². The highest BCUT2D eigenvalue weighted by Gasteiger charge is 2.07. The Hall–Kier alpha value is -4.04. The fourth-order valence-electron chi connectivity index (χ4n) is 3.33. The predicted molar refractivity (Wildman–Crippen MR) is 132 cm³/mol. The van der Waals surface area contributed by atoms with Gasteiger partial charge in [-0.3, -0.25) is 0 Å². The third-order valence-corrected chi connectivity index (χ3v) is 5.27. The smallest absolute Gasteiger partial charge is 0.119 e. The van der Waals surface area contributed by atoms with Crippen LogP contribution in [-0.4, -0.2) is 0 Å². The van der Waals surface area contributed by atoms with Crippen LogP contribution in [0.2, 0.25) is 0 Å². The third kappa shape index (κ3) is 5.55. The highest BCUT2D eigenvalue weighted by Crippen LogP contribution is 2.30. The van der Waals surface area contributed by atoms with Crippen molar-refractivity contribution in [1.82, 2.24) is 0 Å². The first-order chi connectivity index (χ1) is 15.7. The molecule has 0 N–H and O–H groups in total. The molecule has 0 aliphatic carbocycles. The molecule has 32 heavy (non-hydrogen) atoms. The van der Waals surface area contributed by atoms with E-state index in [0.29, 0.717) is 13.2 Å². The molecule has 0 spiro atoms. The van der Waals surface area contributed by atoms with Crippen LogP contribution in [0.15, 0.2) is 122 Å². The zero-order valence-corrected chi connectivity index (χ0v) is 18.0. The van der Waals surface area contributed by atoms with Gasteiger partial charge < -0.3 is 9.47 Å². The maximum absolute atomic E-state index is 5.87. The summed E-state index contributed by atoms with van der Waals surface area (Å²) in [6, 6.07) is 36.2. The fourth-order valence-corrected chi connectivity index (χ4v) is 3.33. The van der Waals surface area contributed by atoms with Crippen LogP contribution in [-0.2, 0) is 13.2 Å². The van der Waals surface area contributed by atoms with Crippen LogP contribution in [0.1, 0.15) is 22.3 Å². The van der Waals surface area contributed by atoms with Gasteiger partial charge in [0.1, 0.15) is 24.7 Å². The number of ether oxygens (including phenoxy) is 2. The summed E-state index contributed by atoms with van der Waals surface area (Å²) < 4.78 is 11.7. The molecule has 0 radical (unpaired) electrons. The van der Waals surface area contributed by atoms with Crippen molar-refractivity contribution in [1.29, 1.82) is 0 Å². The van der Waals surface area contributed by atoms with E-state index in [0.717, 1.165) is 44.9 Å². The van der Waals surface area contributed by atoms with Gasteiger partial charge >= 0.3 is 0 Å². The van der Waals surface area contributed by atoms with E-state index in [-0.39, 0.29) is 0 Å². The van der Waals surface area contributed by atoms with E-state index in [1.54, 1.807) is 0 Å². The fraction of sp³-hybridized carbons (Fsp3) is 0.0667. The number of allylic oxidation sites excluding steroid dienone is 2. The molecule has 0 amide bonds. The summed E-state index contributed by atoms with van der Waals surface area (Å²) in [6.07, 6.45) is 0. The Morgan fingerprint density at radius 3 is 1.16 bits per heavy atom. The van der Waals surface area contributed by atoms with Crippen LogP contribution < -0.4 is 9.47 Å². The van der Waals surface area contributed by atoms with Crippen LogP contribution in [0.3, 0.4) is 0 Å². The lowest BCUT2D eigenvalue weighted by Crippen LogP contribution is -1.96. The van der Waals surface area contributed by atoms with Crippen molar-refractivity contribution < 1.29 is 9.47 Å². The topological polar surface area (TPSA) is 18.5 Å².